The number of benzene rings is 2. The normalized spacial score (nSPS) is 15.3. The topological polar surface area (TPSA) is 50.3 Å². The van der Waals surface area contributed by atoms with Crippen molar-refractivity contribution in [3.8, 4) is 11.4 Å². The van der Waals surface area contributed by atoms with E-state index in [1.807, 2.05) is 42.5 Å². The molecule has 0 saturated carbocycles. The molecule has 1 aliphatic rings. The number of morpholine rings is 1. The van der Waals surface area contributed by atoms with Crippen LogP contribution in [0.25, 0.3) is 22.3 Å². The third kappa shape index (κ3) is 4.03. The molecule has 1 saturated heterocycles. The fourth-order valence-corrected chi connectivity index (χ4v) is 3.46. The lowest BCUT2D eigenvalue weighted by Gasteiger charge is -2.26. The second-order valence-electron chi connectivity index (χ2n) is 6.30. The largest absolute Gasteiger partial charge is 0.379 e. The maximum absolute atomic E-state index is 5.41. The fraction of sp³-hybridized carbons (Fsp3) is 0.300. The van der Waals surface area contributed by atoms with E-state index < -0.39 is 0 Å². The summed E-state index contributed by atoms with van der Waals surface area (Å²) in [6.07, 6.45) is 0. The Morgan fingerprint density at radius 3 is 2.65 bits per heavy atom. The van der Waals surface area contributed by atoms with Gasteiger partial charge >= 0.3 is 0 Å². The minimum atomic E-state index is 0.741. The summed E-state index contributed by atoms with van der Waals surface area (Å²) in [5.41, 5.74) is 1.95. The van der Waals surface area contributed by atoms with Gasteiger partial charge in [0.2, 0.25) is 0 Å². The van der Waals surface area contributed by atoms with Gasteiger partial charge in [-0.25, -0.2) is 9.97 Å². The molecule has 1 aromatic heterocycles. The van der Waals surface area contributed by atoms with E-state index in [0.717, 1.165) is 72.0 Å². The van der Waals surface area contributed by atoms with Crippen LogP contribution in [-0.2, 0) is 4.74 Å². The highest BCUT2D eigenvalue weighted by molar-refractivity contribution is 9.10. The third-order valence-electron chi connectivity index (χ3n) is 4.52. The lowest BCUT2D eigenvalue weighted by atomic mass is 10.2. The minimum Gasteiger partial charge on any atom is -0.379 e. The van der Waals surface area contributed by atoms with Crippen molar-refractivity contribution in [1.29, 1.82) is 0 Å². The van der Waals surface area contributed by atoms with Gasteiger partial charge < -0.3 is 10.1 Å². The van der Waals surface area contributed by atoms with Gasteiger partial charge in [0.1, 0.15) is 5.82 Å². The van der Waals surface area contributed by atoms with Crippen molar-refractivity contribution >= 4 is 32.7 Å². The first-order valence-electron chi connectivity index (χ1n) is 8.86. The number of halogens is 1. The molecule has 2 heterocycles. The van der Waals surface area contributed by atoms with Gasteiger partial charge in [-0.05, 0) is 18.2 Å². The van der Waals surface area contributed by atoms with Crippen LogP contribution in [0, 0.1) is 0 Å². The Kier molecular flexibility index (Phi) is 5.43. The van der Waals surface area contributed by atoms with Crippen molar-refractivity contribution in [2.45, 2.75) is 0 Å². The highest BCUT2D eigenvalue weighted by atomic mass is 79.9. The molecule has 1 N–H and O–H groups in total. The summed E-state index contributed by atoms with van der Waals surface area (Å²) in [6.45, 7) is 5.45. The molecule has 2 aromatic carbocycles. The summed E-state index contributed by atoms with van der Waals surface area (Å²) in [4.78, 5) is 12.0. The zero-order chi connectivity index (χ0) is 17.8. The van der Waals surface area contributed by atoms with Crippen LogP contribution in [0.2, 0.25) is 0 Å². The van der Waals surface area contributed by atoms with Crippen LogP contribution in [-0.4, -0.2) is 54.3 Å². The number of hydrogen-bond donors (Lipinski definition) is 1. The van der Waals surface area contributed by atoms with Gasteiger partial charge in [0, 0.05) is 41.6 Å². The van der Waals surface area contributed by atoms with Crippen molar-refractivity contribution in [3.05, 3.63) is 53.0 Å². The minimum absolute atomic E-state index is 0.741. The Balaban J connectivity index is 1.61. The Labute approximate surface area is 161 Å². The van der Waals surface area contributed by atoms with Crippen molar-refractivity contribution in [2.75, 3.05) is 44.7 Å². The standard InChI is InChI=1S/C20H21BrN4O/c21-16-6-7-17-18(14-16)23-19(15-4-2-1-3-5-15)24-20(17)22-8-9-25-10-12-26-13-11-25/h1-7,14H,8-13H2,(H,22,23,24). The number of hydrogen-bond acceptors (Lipinski definition) is 5. The molecule has 3 aromatic rings. The molecule has 1 fully saturated rings. The Hall–Kier alpha value is -2.02. The lowest BCUT2D eigenvalue weighted by Crippen LogP contribution is -2.39. The lowest BCUT2D eigenvalue weighted by molar-refractivity contribution is 0.0398. The number of nitrogens with one attached hydrogen (secondary N) is 1. The molecule has 0 unspecified atom stereocenters. The van der Waals surface area contributed by atoms with E-state index in [-0.39, 0.29) is 0 Å². The maximum Gasteiger partial charge on any atom is 0.162 e. The predicted octanol–water partition coefficient (Wildman–Crippen LogP) is 3.80. The molecule has 0 bridgehead atoms. The molecule has 0 amide bonds. The van der Waals surface area contributed by atoms with Crippen LogP contribution in [0.5, 0.6) is 0 Å². The van der Waals surface area contributed by atoms with Crippen molar-refractivity contribution in [3.63, 3.8) is 0 Å². The van der Waals surface area contributed by atoms with Gasteiger partial charge in [0.25, 0.3) is 0 Å². The zero-order valence-corrected chi connectivity index (χ0v) is 16.1. The zero-order valence-electron chi connectivity index (χ0n) is 14.5. The molecule has 0 spiro atoms. The van der Waals surface area contributed by atoms with Crippen molar-refractivity contribution < 1.29 is 4.74 Å². The third-order valence-corrected chi connectivity index (χ3v) is 5.01. The van der Waals surface area contributed by atoms with Gasteiger partial charge in [-0.1, -0.05) is 46.3 Å². The molecule has 1 aliphatic heterocycles. The molecular weight excluding hydrogens is 392 g/mol. The van der Waals surface area contributed by atoms with Crippen LogP contribution >= 0.6 is 15.9 Å². The van der Waals surface area contributed by atoms with Gasteiger partial charge in [0.15, 0.2) is 5.82 Å². The number of fused-ring (bicyclic) bond motifs is 1. The predicted molar refractivity (Wildman–Crippen MR) is 108 cm³/mol. The second-order valence-corrected chi connectivity index (χ2v) is 7.22. The molecule has 0 radical (unpaired) electrons. The van der Waals surface area contributed by atoms with Crippen LogP contribution in [0.3, 0.4) is 0 Å². The summed E-state index contributed by atoms with van der Waals surface area (Å²) in [5.74, 6) is 1.62. The monoisotopic (exact) mass is 412 g/mol. The van der Waals surface area contributed by atoms with Crippen molar-refractivity contribution in [2.24, 2.45) is 0 Å². The van der Waals surface area contributed by atoms with Crippen LogP contribution in [0.1, 0.15) is 0 Å². The van der Waals surface area contributed by atoms with E-state index in [1.54, 1.807) is 0 Å². The van der Waals surface area contributed by atoms with Gasteiger partial charge in [-0.3, -0.25) is 4.90 Å². The maximum atomic E-state index is 5.41. The van der Waals surface area contributed by atoms with E-state index in [1.165, 1.54) is 0 Å². The van der Waals surface area contributed by atoms with Gasteiger partial charge in [-0.2, -0.15) is 0 Å². The molecule has 134 valence electrons. The number of anilines is 1. The Morgan fingerprint density at radius 1 is 1.04 bits per heavy atom. The summed E-state index contributed by atoms with van der Waals surface area (Å²) in [7, 11) is 0. The average Bonchev–Trinajstić information content (AvgIpc) is 2.69. The molecule has 6 heteroatoms. The average molecular weight is 413 g/mol. The first-order chi connectivity index (χ1) is 12.8. The quantitative estimate of drug-likeness (QED) is 0.690. The smallest absolute Gasteiger partial charge is 0.162 e. The first kappa shape index (κ1) is 17.4. The summed E-state index contributed by atoms with van der Waals surface area (Å²) < 4.78 is 6.43. The van der Waals surface area contributed by atoms with E-state index in [4.69, 9.17) is 14.7 Å². The van der Waals surface area contributed by atoms with Crippen molar-refractivity contribution in [1.82, 2.24) is 14.9 Å². The van der Waals surface area contributed by atoms with Gasteiger partial charge in [0.05, 0.1) is 18.7 Å². The molecule has 0 atom stereocenters. The molecule has 26 heavy (non-hydrogen) atoms. The summed E-state index contributed by atoms with van der Waals surface area (Å²) in [6, 6.07) is 16.2. The van der Waals surface area contributed by atoms with E-state index in [2.05, 4.69) is 32.2 Å². The number of ether oxygens (including phenoxy) is 1. The fourth-order valence-electron chi connectivity index (χ4n) is 3.11. The summed E-state index contributed by atoms with van der Waals surface area (Å²) in [5, 5.41) is 4.55. The number of nitrogens with zero attached hydrogens (tertiary/aromatic N) is 3. The molecule has 5 nitrogen and oxygen atoms in total. The van der Waals surface area contributed by atoms with E-state index >= 15 is 0 Å². The summed E-state index contributed by atoms with van der Waals surface area (Å²) >= 11 is 3.54. The molecule has 0 aliphatic carbocycles. The second kappa shape index (κ2) is 8.12. The van der Waals surface area contributed by atoms with E-state index in [0.29, 0.717) is 0 Å². The SMILES string of the molecule is Brc1ccc2c(NCCN3CCOCC3)nc(-c3ccccc3)nc2c1. The van der Waals surface area contributed by atoms with Crippen LogP contribution < -0.4 is 5.32 Å². The number of rotatable bonds is 5. The number of aromatic nitrogens is 2. The molecule has 4 rings (SSSR count). The van der Waals surface area contributed by atoms with Crippen LogP contribution in [0.4, 0.5) is 5.82 Å². The highest BCUT2D eigenvalue weighted by Gasteiger charge is 2.12. The van der Waals surface area contributed by atoms with Crippen LogP contribution in [0.15, 0.2) is 53.0 Å². The van der Waals surface area contributed by atoms with Gasteiger partial charge in [-0.15, -0.1) is 0 Å². The molecular formula is C20H21BrN4O. The highest BCUT2D eigenvalue weighted by Crippen LogP contribution is 2.27. The Morgan fingerprint density at radius 2 is 1.85 bits per heavy atom. The van der Waals surface area contributed by atoms with E-state index in [9.17, 15) is 0 Å². The Bertz CT molecular complexity index is 882. The first-order valence-corrected chi connectivity index (χ1v) is 9.65.